The fourth-order valence-electron chi connectivity index (χ4n) is 1.83. The number of nitrogens with zero attached hydrogens (tertiary/aromatic N) is 2. The van der Waals surface area contributed by atoms with E-state index in [0.717, 1.165) is 25.0 Å². The normalized spacial score (nSPS) is 12.8. The van der Waals surface area contributed by atoms with E-state index in [0.29, 0.717) is 6.04 Å². The summed E-state index contributed by atoms with van der Waals surface area (Å²) in [5.74, 6) is 0. The Morgan fingerprint density at radius 3 is 2.69 bits per heavy atom. The van der Waals surface area contributed by atoms with Gasteiger partial charge in [0.15, 0.2) is 0 Å². The van der Waals surface area contributed by atoms with E-state index in [4.69, 9.17) is 0 Å². The summed E-state index contributed by atoms with van der Waals surface area (Å²) in [4.78, 5) is 0. The summed E-state index contributed by atoms with van der Waals surface area (Å²) >= 11 is 0. The molecule has 0 aliphatic carbocycles. The molecule has 1 aromatic heterocycles. The molecular weight excluding hydrogens is 198 g/mol. The SMILES string of the molecule is C=C(CC)CC(NC)c1cc(CC)nn1C. The first-order valence-electron chi connectivity index (χ1n) is 5.99. The van der Waals surface area contributed by atoms with Gasteiger partial charge in [-0.2, -0.15) is 5.10 Å². The highest BCUT2D eigenvalue weighted by Crippen LogP contribution is 2.22. The Hall–Kier alpha value is -1.09. The summed E-state index contributed by atoms with van der Waals surface area (Å²) in [6, 6.07) is 2.51. The van der Waals surface area contributed by atoms with E-state index in [1.165, 1.54) is 11.3 Å². The lowest BCUT2D eigenvalue weighted by Gasteiger charge is -2.17. The quantitative estimate of drug-likeness (QED) is 0.748. The van der Waals surface area contributed by atoms with Crippen molar-refractivity contribution in [1.29, 1.82) is 0 Å². The molecule has 16 heavy (non-hydrogen) atoms. The van der Waals surface area contributed by atoms with Crippen LogP contribution in [0.4, 0.5) is 0 Å². The van der Waals surface area contributed by atoms with Crippen LogP contribution in [0.2, 0.25) is 0 Å². The maximum absolute atomic E-state index is 4.48. The van der Waals surface area contributed by atoms with Crippen LogP contribution < -0.4 is 5.32 Å². The Morgan fingerprint density at radius 1 is 1.56 bits per heavy atom. The molecule has 0 bridgehead atoms. The molecule has 3 nitrogen and oxygen atoms in total. The van der Waals surface area contributed by atoms with Crippen LogP contribution in [-0.4, -0.2) is 16.8 Å². The minimum absolute atomic E-state index is 0.324. The van der Waals surface area contributed by atoms with Crippen molar-refractivity contribution in [3.63, 3.8) is 0 Å². The van der Waals surface area contributed by atoms with Crippen molar-refractivity contribution in [2.75, 3.05) is 7.05 Å². The van der Waals surface area contributed by atoms with Crippen molar-refractivity contribution in [2.45, 2.75) is 39.2 Å². The van der Waals surface area contributed by atoms with Crippen molar-refractivity contribution in [2.24, 2.45) is 7.05 Å². The zero-order valence-electron chi connectivity index (χ0n) is 10.9. The van der Waals surface area contributed by atoms with Crippen molar-refractivity contribution >= 4 is 0 Å². The average Bonchev–Trinajstić information content (AvgIpc) is 2.67. The molecular formula is C13H23N3. The molecule has 3 heteroatoms. The molecule has 1 atom stereocenters. The number of rotatable bonds is 6. The van der Waals surface area contributed by atoms with E-state index in [-0.39, 0.29) is 0 Å². The summed E-state index contributed by atoms with van der Waals surface area (Å²) in [5.41, 5.74) is 3.67. The van der Waals surface area contributed by atoms with Crippen LogP contribution in [0.15, 0.2) is 18.2 Å². The van der Waals surface area contributed by atoms with Crippen LogP contribution in [0.5, 0.6) is 0 Å². The highest BCUT2D eigenvalue weighted by Gasteiger charge is 2.15. The maximum Gasteiger partial charge on any atom is 0.0625 e. The molecule has 1 heterocycles. The zero-order chi connectivity index (χ0) is 12.1. The molecule has 0 saturated carbocycles. The third kappa shape index (κ3) is 2.95. The minimum atomic E-state index is 0.324. The molecule has 0 fully saturated rings. The molecule has 0 radical (unpaired) electrons. The van der Waals surface area contributed by atoms with Crippen LogP contribution in [-0.2, 0) is 13.5 Å². The first kappa shape index (κ1) is 13.0. The van der Waals surface area contributed by atoms with Crippen molar-refractivity contribution in [3.05, 3.63) is 29.6 Å². The Balaban J connectivity index is 2.85. The molecule has 90 valence electrons. The molecule has 0 aliphatic rings. The molecule has 1 unspecified atom stereocenters. The summed E-state index contributed by atoms with van der Waals surface area (Å²) in [5, 5.41) is 7.82. The summed E-state index contributed by atoms with van der Waals surface area (Å²) in [7, 11) is 4.00. The standard InChI is InChI=1S/C13H23N3/c1-6-10(3)8-12(14-4)13-9-11(7-2)15-16(13)5/h9,12,14H,3,6-8H2,1-2,4-5H3. The third-order valence-electron chi connectivity index (χ3n) is 3.03. The van der Waals surface area contributed by atoms with Gasteiger partial charge in [-0.1, -0.05) is 26.0 Å². The van der Waals surface area contributed by atoms with Gasteiger partial charge in [-0.25, -0.2) is 0 Å². The van der Waals surface area contributed by atoms with E-state index >= 15 is 0 Å². The van der Waals surface area contributed by atoms with Gasteiger partial charge in [0.1, 0.15) is 0 Å². The van der Waals surface area contributed by atoms with Gasteiger partial charge < -0.3 is 5.32 Å². The van der Waals surface area contributed by atoms with Crippen molar-refractivity contribution in [3.8, 4) is 0 Å². The topological polar surface area (TPSA) is 29.9 Å². The van der Waals surface area contributed by atoms with Gasteiger partial charge in [-0.3, -0.25) is 4.68 Å². The number of nitrogens with one attached hydrogen (secondary N) is 1. The first-order chi connectivity index (χ1) is 7.62. The highest BCUT2D eigenvalue weighted by atomic mass is 15.3. The van der Waals surface area contributed by atoms with Gasteiger partial charge in [0.25, 0.3) is 0 Å². The lowest BCUT2D eigenvalue weighted by Crippen LogP contribution is -2.19. The predicted octanol–water partition coefficient (Wildman–Crippen LogP) is 2.60. The minimum Gasteiger partial charge on any atom is -0.311 e. The van der Waals surface area contributed by atoms with Gasteiger partial charge >= 0.3 is 0 Å². The molecule has 0 spiro atoms. The number of aromatic nitrogens is 2. The van der Waals surface area contributed by atoms with E-state index < -0.39 is 0 Å². The molecule has 1 rings (SSSR count). The van der Waals surface area contributed by atoms with Crippen LogP contribution >= 0.6 is 0 Å². The molecule has 1 aromatic rings. The molecule has 0 aliphatic heterocycles. The summed E-state index contributed by atoms with van der Waals surface area (Å²) < 4.78 is 1.98. The monoisotopic (exact) mass is 221 g/mol. The predicted molar refractivity (Wildman–Crippen MR) is 68.4 cm³/mol. The molecule has 1 N–H and O–H groups in total. The lowest BCUT2D eigenvalue weighted by atomic mass is 10.0. The first-order valence-corrected chi connectivity index (χ1v) is 5.99. The summed E-state index contributed by atoms with van der Waals surface area (Å²) in [6.45, 7) is 8.35. The van der Waals surface area contributed by atoms with Crippen molar-refractivity contribution in [1.82, 2.24) is 15.1 Å². The largest absolute Gasteiger partial charge is 0.311 e. The van der Waals surface area contributed by atoms with Gasteiger partial charge in [0, 0.05) is 7.05 Å². The van der Waals surface area contributed by atoms with Gasteiger partial charge in [-0.15, -0.1) is 0 Å². The number of hydrogen-bond acceptors (Lipinski definition) is 2. The molecule has 0 amide bonds. The third-order valence-corrected chi connectivity index (χ3v) is 3.03. The van der Waals surface area contributed by atoms with Gasteiger partial charge in [0.2, 0.25) is 0 Å². The Morgan fingerprint density at radius 2 is 2.25 bits per heavy atom. The van der Waals surface area contributed by atoms with Crippen LogP contribution in [0.3, 0.4) is 0 Å². The lowest BCUT2D eigenvalue weighted by molar-refractivity contribution is 0.531. The number of hydrogen-bond donors (Lipinski definition) is 1. The smallest absolute Gasteiger partial charge is 0.0625 e. The second-order valence-corrected chi connectivity index (χ2v) is 4.19. The van der Waals surface area contributed by atoms with Gasteiger partial charge in [0.05, 0.1) is 17.4 Å². The van der Waals surface area contributed by atoms with E-state index in [2.05, 4.69) is 36.9 Å². The van der Waals surface area contributed by atoms with Gasteiger partial charge in [-0.05, 0) is 32.4 Å². The summed E-state index contributed by atoms with van der Waals surface area (Å²) in [6.07, 6.45) is 3.01. The Kier molecular flexibility index (Phi) is 4.74. The number of aryl methyl sites for hydroxylation is 2. The van der Waals surface area contributed by atoms with E-state index in [1.54, 1.807) is 0 Å². The Labute approximate surface area is 98.5 Å². The maximum atomic E-state index is 4.48. The second kappa shape index (κ2) is 5.85. The molecule has 0 aromatic carbocycles. The zero-order valence-corrected chi connectivity index (χ0v) is 10.9. The van der Waals surface area contributed by atoms with Crippen LogP contribution in [0.25, 0.3) is 0 Å². The van der Waals surface area contributed by atoms with Crippen LogP contribution in [0.1, 0.15) is 44.1 Å². The van der Waals surface area contributed by atoms with E-state index in [1.807, 2.05) is 18.8 Å². The fourth-order valence-corrected chi connectivity index (χ4v) is 1.83. The van der Waals surface area contributed by atoms with Crippen molar-refractivity contribution < 1.29 is 0 Å². The average molecular weight is 221 g/mol. The highest BCUT2D eigenvalue weighted by molar-refractivity contribution is 5.16. The second-order valence-electron chi connectivity index (χ2n) is 4.19. The Bertz CT molecular complexity index is 352. The molecule has 0 saturated heterocycles. The van der Waals surface area contributed by atoms with Crippen LogP contribution in [0, 0.1) is 0 Å². The van der Waals surface area contributed by atoms with E-state index in [9.17, 15) is 0 Å². The fraction of sp³-hybridized carbons (Fsp3) is 0.615.